The van der Waals surface area contributed by atoms with E-state index in [2.05, 4.69) is 42.2 Å². The van der Waals surface area contributed by atoms with Gasteiger partial charge in [-0.25, -0.2) is 0 Å². The third kappa shape index (κ3) is 5.58. The van der Waals surface area contributed by atoms with Crippen LogP contribution in [0.25, 0.3) is 0 Å². The molecule has 0 spiro atoms. The Morgan fingerprint density at radius 2 is 1.93 bits per heavy atom. The van der Waals surface area contributed by atoms with E-state index in [1.807, 2.05) is 12.2 Å². The van der Waals surface area contributed by atoms with E-state index >= 15 is 0 Å². The molecule has 0 aromatic heterocycles. The molecule has 80 valence electrons. The van der Waals surface area contributed by atoms with E-state index in [4.69, 9.17) is 4.74 Å². The molecule has 0 radical (unpaired) electrons. The van der Waals surface area contributed by atoms with Gasteiger partial charge in [0.05, 0.1) is 0 Å². The van der Waals surface area contributed by atoms with Crippen molar-refractivity contribution in [3.8, 4) is 0 Å². The third-order valence-electron chi connectivity index (χ3n) is 1.81. The van der Waals surface area contributed by atoms with Crippen molar-refractivity contribution in [3.63, 3.8) is 0 Å². The van der Waals surface area contributed by atoms with Crippen molar-refractivity contribution in [2.24, 2.45) is 0 Å². The second-order valence-corrected chi connectivity index (χ2v) is 5.20. The molecular formula is C13H16OSe. The Kier molecular flexibility index (Phi) is 6.10. The number of hydrogen-bond acceptors (Lipinski definition) is 1. The molecule has 0 unspecified atom stereocenters. The second-order valence-electron chi connectivity index (χ2n) is 3.14. The van der Waals surface area contributed by atoms with E-state index in [0.717, 1.165) is 0 Å². The molecule has 2 heteroatoms. The first kappa shape index (κ1) is 12.3. The number of benzene rings is 1. The molecule has 0 amide bonds. The molecule has 0 aliphatic heterocycles. The van der Waals surface area contributed by atoms with Crippen LogP contribution in [0.5, 0.6) is 0 Å². The quantitative estimate of drug-likeness (QED) is 0.586. The zero-order valence-electron chi connectivity index (χ0n) is 9.14. The first-order chi connectivity index (χ1) is 7.33. The van der Waals surface area contributed by atoms with E-state index in [1.54, 1.807) is 7.11 Å². The predicted octanol–water partition coefficient (Wildman–Crippen LogP) is 2.04. The average Bonchev–Trinajstić information content (AvgIpc) is 2.26. The number of allylic oxidation sites excluding steroid dienone is 2. The molecule has 15 heavy (non-hydrogen) atoms. The van der Waals surface area contributed by atoms with Gasteiger partial charge in [-0.3, -0.25) is 0 Å². The summed E-state index contributed by atoms with van der Waals surface area (Å²) in [7, 11) is 1.70. The van der Waals surface area contributed by atoms with Gasteiger partial charge in [0, 0.05) is 0 Å². The summed E-state index contributed by atoms with van der Waals surface area (Å²) in [5, 5.41) is 0. The molecule has 0 bridgehead atoms. The van der Waals surface area contributed by atoms with Crippen LogP contribution in [0.1, 0.15) is 5.56 Å². The molecule has 0 saturated carbocycles. The van der Waals surface area contributed by atoms with E-state index in [0.29, 0.717) is 21.6 Å². The van der Waals surface area contributed by atoms with E-state index < -0.39 is 0 Å². The van der Waals surface area contributed by atoms with Gasteiger partial charge in [-0.05, 0) is 0 Å². The Bertz CT molecular complexity index is 325. The first-order valence-electron chi connectivity index (χ1n) is 4.87. The number of aryl methyl sites for hydroxylation is 1. The summed E-state index contributed by atoms with van der Waals surface area (Å²) in [4.78, 5) is 2.21. The second kappa shape index (κ2) is 7.47. The molecule has 0 aliphatic rings. The van der Waals surface area contributed by atoms with Crippen molar-refractivity contribution < 1.29 is 4.74 Å². The normalized spacial score (nSPS) is 11.6. The molecule has 0 saturated heterocycles. The van der Waals surface area contributed by atoms with E-state index in [9.17, 15) is 0 Å². The Hall–Kier alpha value is -0.821. The van der Waals surface area contributed by atoms with Gasteiger partial charge < -0.3 is 0 Å². The summed E-state index contributed by atoms with van der Waals surface area (Å²) >= 11 is 0.436. The van der Waals surface area contributed by atoms with Crippen LogP contribution in [-0.4, -0.2) is 28.7 Å². The van der Waals surface area contributed by atoms with Gasteiger partial charge in [-0.1, -0.05) is 0 Å². The van der Waals surface area contributed by atoms with Crippen LogP contribution in [0, 0.1) is 6.92 Å². The minimum atomic E-state index is 0.436. The fourth-order valence-electron chi connectivity index (χ4n) is 1.01. The zero-order chi connectivity index (χ0) is 10.9. The van der Waals surface area contributed by atoms with Crippen LogP contribution in [-0.2, 0) is 4.74 Å². The van der Waals surface area contributed by atoms with Crippen molar-refractivity contribution >= 4 is 19.4 Å². The zero-order valence-corrected chi connectivity index (χ0v) is 10.9. The summed E-state index contributed by atoms with van der Waals surface area (Å²) < 4.78 is 6.31. The monoisotopic (exact) mass is 268 g/mol. The fraction of sp³-hybridized carbons (Fsp3) is 0.231. The van der Waals surface area contributed by atoms with Crippen LogP contribution >= 0.6 is 0 Å². The van der Waals surface area contributed by atoms with Gasteiger partial charge in [-0.15, -0.1) is 0 Å². The van der Waals surface area contributed by atoms with Crippen molar-refractivity contribution in [1.82, 2.24) is 0 Å². The van der Waals surface area contributed by atoms with Gasteiger partial charge >= 0.3 is 97.8 Å². The van der Waals surface area contributed by atoms with Crippen LogP contribution in [0.3, 0.4) is 0 Å². The Morgan fingerprint density at radius 1 is 1.20 bits per heavy atom. The molecule has 0 fully saturated rings. The Morgan fingerprint density at radius 3 is 2.60 bits per heavy atom. The van der Waals surface area contributed by atoms with Crippen LogP contribution < -0.4 is 4.46 Å². The Balaban J connectivity index is 2.33. The SMILES string of the molecule is COC/C=C/C=C/[Se]c1ccc(C)cc1. The van der Waals surface area contributed by atoms with Crippen molar-refractivity contribution in [2.45, 2.75) is 6.92 Å². The summed E-state index contributed by atoms with van der Waals surface area (Å²) in [6.45, 7) is 2.79. The maximum atomic E-state index is 4.90. The van der Waals surface area contributed by atoms with Crippen molar-refractivity contribution in [3.05, 3.63) is 53.0 Å². The Labute approximate surface area is 98.0 Å². The maximum absolute atomic E-state index is 4.90. The van der Waals surface area contributed by atoms with Gasteiger partial charge in [0.15, 0.2) is 0 Å². The van der Waals surface area contributed by atoms with Crippen molar-refractivity contribution in [1.29, 1.82) is 0 Å². The van der Waals surface area contributed by atoms with Gasteiger partial charge in [0.1, 0.15) is 0 Å². The van der Waals surface area contributed by atoms with Gasteiger partial charge in [0.25, 0.3) is 0 Å². The molecule has 0 aliphatic carbocycles. The van der Waals surface area contributed by atoms with Gasteiger partial charge in [0.2, 0.25) is 0 Å². The standard InChI is InChI=1S/C13H16OSe/c1-12-6-8-13(9-7-12)15-11-5-3-4-10-14-2/h3-9,11H,10H2,1-2H3/b4-3+,11-5+. The first-order valence-corrected chi connectivity index (χ1v) is 6.71. The van der Waals surface area contributed by atoms with E-state index in [1.165, 1.54) is 10.0 Å². The van der Waals surface area contributed by atoms with Crippen LogP contribution in [0.2, 0.25) is 0 Å². The summed E-state index contributed by atoms with van der Waals surface area (Å²) in [5.74, 6) is 0. The summed E-state index contributed by atoms with van der Waals surface area (Å²) in [6.07, 6.45) is 6.11. The molecule has 0 atom stereocenters. The van der Waals surface area contributed by atoms with Crippen LogP contribution in [0.15, 0.2) is 47.5 Å². The average molecular weight is 267 g/mol. The molecule has 1 rings (SSSR count). The fourth-order valence-corrected chi connectivity index (χ4v) is 2.31. The number of hydrogen-bond donors (Lipinski definition) is 0. The topological polar surface area (TPSA) is 9.23 Å². The van der Waals surface area contributed by atoms with E-state index in [-0.39, 0.29) is 0 Å². The molecule has 0 heterocycles. The molecule has 1 aromatic carbocycles. The molecular weight excluding hydrogens is 251 g/mol. The number of rotatable bonds is 5. The van der Waals surface area contributed by atoms with Crippen LogP contribution in [0.4, 0.5) is 0 Å². The number of methoxy groups -OCH3 is 1. The third-order valence-corrected chi connectivity index (χ3v) is 3.57. The molecule has 1 nitrogen and oxygen atoms in total. The predicted molar refractivity (Wildman–Crippen MR) is 66.7 cm³/mol. The molecule has 0 N–H and O–H groups in total. The molecule has 1 aromatic rings. The summed E-state index contributed by atoms with van der Waals surface area (Å²) in [6, 6.07) is 8.70. The number of ether oxygens (including phenoxy) is 1. The minimum absolute atomic E-state index is 0.436. The van der Waals surface area contributed by atoms with Gasteiger partial charge in [-0.2, -0.15) is 0 Å². The summed E-state index contributed by atoms with van der Waals surface area (Å²) in [5.41, 5.74) is 1.32. The van der Waals surface area contributed by atoms with Crippen molar-refractivity contribution in [2.75, 3.05) is 13.7 Å².